The van der Waals surface area contributed by atoms with Crippen molar-refractivity contribution in [2.24, 2.45) is 5.73 Å². The SMILES string of the molecule is CNC(=O)C[C@H](NC(=O)CCCCCSC(C)=O)C(=O)NCCN. The Morgan fingerprint density at radius 2 is 1.79 bits per heavy atom. The molecule has 0 aliphatic heterocycles. The molecule has 3 amide bonds. The molecule has 0 aromatic carbocycles. The first-order chi connectivity index (χ1) is 11.4. The van der Waals surface area contributed by atoms with Crippen molar-refractivity contribution in [3.8, 4) is 0 Å². The zero-order chi connectivity index (χ0) is 18.4. The molecule has 0 bridgehead atoms. The van der Waals surface area contributed by atoms with Gasteiger partial charge >= 0.3 is 0 Å². The highest BCUT2D eigenvalue weighted by molar-refractivity contribution is 8.13. The summed E-state index contributed by atoms with van der Waals surface area (Å²) in [6, 6.07) is -0.905. The van der Waals surface area contributed by atoms with Crippen LogP contribution in [0, 0.1) is 0 Å². The normalized spacial score (nSPS) is 11.5. The van der Waals surface area contributed by atoms with Gasteiger partial charge in [0.15, 0.2) is 5.12 Å². The van der Waals surface area contributed by atoms with Crippen molar-refractivity contribution in [1.29, 1.82) is 0 Å². The lowest BCUT2D eigenvalue weighted by molar-refractivity contribution is -0.131. The summed E-state index contributed by atoms with van der Waals surface area (Å²) < 4.78 is 0. The molecule has 0 aliphatic carbocycles. The van der Waals surface area contributed by atoms with Gasteiger partial charge in [0.1, 0.15) is 6.04 Å². The fraction of sp³-hybridized carbons (Fsp3) is 0.733. The maximum atomic E-state index is 12.0. The van der Waals surface area contributed by atoms with Crippen LogP contribution >= 0.6 is 11.8 Å². The number of unbranched alkanes of at least 4 members (excludes halogenated alkanes) is 2. The van der Waals surface area contributed by atoms with E-state index >= 15 is 0 Å². The van der Waals surface area contributed by atoms with E-state index in [0.29, 0.717) is 6.42 Å². The van der Waals surface area contributed by atoms with E-state index in [1.54, 1.807) is 0 Å². The molecule has 0 fully saturated rings. The molecule has 8 nitrogen and oxygen atoms in total. The van der Waals surface area contributed by atoms with Crippen LogP contribution in [0.2, 0.25) is 0 Å². The number of thioether (sulfide) groups is 1. The molecule has 5 N–H and O–H groups in total. The van der Waals surface area contributed by atoms with Gasteiger partial charge in [-0.3, -0.25) is 19.2 Å². The summed E-state index contributed by atoms with van der Waals surface area (Å²) in [5.41, 5.74) is 5.33. The van der Waals surface area contributed by atoms with Gasteiger partial charge < -0.3 is 21.7 Å². The van der Waals surface area contributed by atoms with Crippen molar-refractivity contribution in [1.82, 2.24) is 16.0 Å². The molecule has 0 saturated carbocycles. The number of hydrogen-bond acceptors (Lipinski definition) is 6. The van der Waals surface area contributed by atoms with Gasteiger partial charge in [-0.1, -0.05) is 18.2 Å². The quantitative estimate of drug-likeness (QED) is 0.348. The molecule has 0 heterocycles. The molecule has 0 unspecified atom stereocenters. The summed E-state index contributed by atoms with van der Waals surface area (Å²) in [7, 11) is 1.47. The van der Waals surface area contributed by atoms with E-state index < -0.39 is 11.9 Å². The van der Waals surface area contributed by atoms with E-state index in [1.165, 1.54) is 25.7 Å². The summed E-state index contributed by atoms with van der Waals surface area (Å²) in [5, 5.41) is 7.68. The Morgan fingerprint density at radius 1 is 1.08 bits per heavy atom. The Balaban J connectivity index is 4.20. The van der Waals surface area contributed by atoms with Crippen LogP contribution in [0.3, 0.4) is 0 Å². The number of rotatable bonds is 12. The summed E-state index contributed by atoms with van der Waals surface area (Å²) in [5.74, 6) is -0.275. The van der Waals surface area contributed by atoms with Crippen LogP contribution in [0.25, 0.3) is 0 Å². The molecule has 138 valence electrons. The van der Waals surface area contributed by atoms with Gasteiger partial charge in [-0.05, 0) is 12.8 Å². The molecule has 0 radical (unpaired) electrons. The minimum Gasteiger partial charge on any atom is -0.359 e. The van der Waals surface area contributed by atoms with Crippen LogP contribution in [0.1, 0.15) is 39.0 Å². The Labute approximate surface area is 147 Å². The van der Waals surface area contributed by atoms with Crippen LogP contribution in [0.15, 0.2) is 0 Å². The van der Waals surface area contributed by atoms with Crippen molar-refractivity contribution >= 4 is 34.6 Å². The lowest BCUT2D eigenvalue weighted by Crippen LogP contribution is -2.49. The van der Waals surface area contributed by atoms with Crippen molar-refractivity contribution in [2.45, 2.75) is 45.1 Å². The molecular weight excluding hydrogens is 332 g/mol. The topological polar surface area (TPSA) is 130 Å². The third-order valence-electron chi connectivity index (χ3n) is 3.12. The van der Waals surface area contributed by atoms with E-state index in [9.17, 15) is 19.2 Å². The van der Waals surface area contributed by atoms with Gasteiger partial charge in [0.2, 0.25) is 17.7 Å². The summed E-state index contributed by atoms with van der Waals surface area (Å²) in [6.45, 7) is 2.10. The minimum absolute atomic E-state index is 0.0910. The maximum Gasteiger partial charge on any atom is 0.243 e. The molecule has 0 spiro atoms. The van der Waals surface area contributed by atoms with Gasteiger partial charge in [0.05, 0.1) is 6.42 Å². The predicted octanol–water partition coefficient (Wildman–Crippen LogP) is -0.478. The van der Waals surface area contributed by atoms with Gasteiger partial charge in [-0.2, -0.15) is 0 Å². The number of hydrogen-bond donors (Lipinski definition) is 4. The van der Waals surface area contributed by atoms with E-state index in [2.05, 4.69) is 16.0 Å². The highest BCUT2D eigenvalue weighted by atomic mass is 32.2. The summed E-state index contributed by atoms with van der Waals surface area (Å²) >= 11 is 1.27. The standard InChI is InChI=1S/C15H28N4O4S/c1-11(20)24-9-5-3-4-6-13(21)19-12(10-14(22)17-2)15(23)18-8-7-16/h12H,3-10,16H2,1-2H3,(H,17,22)(H,18,23)(H,19,21)/t12-/m0/s1. The van der Waals surface area contributed by atoms with E-state index in [1.807, 2.05) is 0 Å². The monoisotopic (exact) mass is 360 g/mol. The third-order valence-corrected chi connectivity index (χ3v) is 4.02. The van der Waals surface area contributed by atoms with E-state index in [4.69, 9.17) is 5.73 Å². The third kappa shape index (κ3) is 11.9. The van der Waals surface area contributed by atoms with Crippen LogP contribution in [0.5, 0.6) is 0 Å². The number of nitrogens with two attached hydrogens (primary N) is 1. The zero-order valence-corrected chi connectivity index (χ0v) is 15.2. The van der Waals surface area contributed by atoms with Crippen LogP contribution in [0.4, 0.5) is 0 Å². The molecule has 1 atom stereocenters. The van der Waals surface area contributed by atoms with Crippen LogP contribution < -0.4 is 21.7 Å². The lowest BCUT2D eigenvalue weighted by atomic mass is 10.1. The average Bonchev–Trinajstić information content (AvgIpc) is 2.54. The summed E-state index contributed by atoms with van der Waals surface area (Å²) in [4.78, 5) is 46.2. The molecule has 0 aromatic heterocycles. The fourth-order valence-corrected chi connectivity index (χ4v) is 2.50. The zero-order valence-electron chi connectivity index (χ0n) is 14.4. The first-order valence-corrected chi connectivity index (χ1v) is 9.00. The number of nitrogens with one attached hydrogen (secondary N) is 3. The second-order valence-electron chi connectivity index (χ2n) is 5.23. The lowest BCUT2D eigenvalue weighted by Gasteiger charge is -2.17. The first kappa shape index (κ1) is 22.4. The molecule has 0 rings (SSSR count). The van der Waals surface area contributed by atoms with Gasteiger partial charge in [0, 0.05) is 39.2 Å². The van der Waals surface area contributed by atoms with Crippen molar-refractivity contribution < 1.29 is 19.2 Å². The second kappa shape index (κ2) is 13.8. The molecule has 24 heavy (non-hydrogen) atoms. The number of carbonyl (C=O) groups excluding carboxylic acids is 4. The molecule has 0 saturated heterocycles. The van der Waals surface area contributed by atoms with E-state index in [0.717, 1.165) is 18.6 Å². The molecule has 9 heteroatoms. The Bertz CT molecular complexity index is 432. The van der Waals surface area contributed by atoms with Crippen LogP contribution in [-0.4, -0.2) is 54.8 Å². The fourth-order valence-electron chi connectivity index (χ4n) is 1.86. The van der Waals surface area contributed by atoms with Gasteiger partial charge in [-0.25, -0.2) is 0 Å². The maximum absolute atomic E-state index is 12.0. The minimum atomic E-state index is -0.905. The Hall–Kier alpha value is -1.61. The number of amides is 3. The largest absolute Gasteiger partial charge is 0.359 e. The molecular formula is C15H28N4O4S. The van der Waals surface area contributed by atoms with Gasteiger partial charge in [0.25, 0.3) is 0 Å². The highest BCUT2D eigenvalue weighted by Crippen LogP contribution is 2.08. The highest BCUT2D eigenvalue weighted by Gasteiger charge is 2.22. The van der Waals surface area contributed by atoms with Crippen molar-refractivity contribution in [3.05, 3.63) is 0 Å². The van der Waals surface area contributed by atoms with Crippen molar-refractivity contribution in [3.63, 3.8) is 0 Å². The predicted molar refractivity (Wildman–Crippen MR) is 94.3 cm³/mol. The smallest absolute Gasteiger partial charge is 0.243 e. The number of carbonyl (C=O) groups is 4. The first-order valence-electron chi connectivity index (χ1n) is 8.01. The van der Waals surface area contributed by atoms with E-state index in [-0.39, 0.29) is 42.9 Å². The molecule has 0 aliphatic rings. The van der Waals surface area contributed by atoms with Gasteiger partial charge in [-0.15, -0.1) is 0 Å². The summed E-state index contributed by atoms with van der Waals surface area (Å²) in [6.07, 6.45) is 2.51. The molecule has 0 aromatic rings. The van der Waals surface area contributed by atoms with Crippen molar-refractivity contribution in [2.75, 3.05) is 25.9 Å². The van der Waals surface area contributed by atoms with Crippen LogP contribution in [-0.2, 0) is 19.2 Å². The average molecular weight is 360 g/mol. The second-order valence-corrected chi connectivity index (χ2v) is 6.50. The Kier molecular flexibility index (Phi) is 12.9. The Morgan fingerprint density at radius 3 is 2.38 bits per heavy atom.